The molecule has 0 bridgehead atoms. The van der Waals surface area contributed by atoms with Gasteiger partial charge in [0.25, 0.3) is 11.5 Å². The first-order valence-electron chi connectivity index (χ1n) is 14.4. The number of para-hydroxylation sites is 1. The highest BCUT2D eigenvalue weighted by Gasteiger charge is 2.29. The summed E-state index contributed by atoms with van der Waals surface area (Å²) >= 11 is 0. The van der Waals surface area contributed by atoms with Gasteiger partial charge in [-0.3, -0.25) is 14.2 Å². The minimum atomic E-state index is -0.730. The van der Waals surface area contributed by atoms with Crippen LogP contribution in [0.5, 0.6) is 17.2 Å². The largest absolute Gasteiger partial charge is 0.494 e. The molecule has 1 heterocycles. The number of amides is 1. The lowest BCUT2D eigenvalue weighted by atomic mass is 10.1. The Morgan fingerprint density at radius 1 is 0.932 bits per heavy atom. The third-order valence-electron chi connectivity index (χ3n) is 7.50. The number of hydrogen-bond acceptors (Lipinski definition) is 6. The van der Waals surface area contributed by atoms with E-state index in [4.69, 9.17) is 19.2 Å². The summed E-state index contributed by atoms with van der Waals surface area (Å²) in [4.78, 5) is 34.5. The predicted octanol–water partition coefficient (Wildman–Crippen LogP) is 6.39. The van der Waals surface area contributed by atoms with Gasteiger partial charge in [-0.15, -0.1) is 0 Å². The molecule has 1 aromatic heterocycles. The summed E-state index contributed by atoms with van der Waals surface area (Å²) in [6, 6.07) is 24.9. The van der Waals surface area contributed by atoms with Crippen molar-refractivity contribution in [3.05, 3.63) is 124 Å². The van der Waals surface area contributed by atoms with Crippen LogP contribution in [0.15, 0.2) is 95.8 Å². The van der Waals surface area contributed by atoms with Gasteiger partial charge in [-0.05, 0) is 86.5 Å². The summed E-state index contributed by atoms with van der Waals surface area (Å²) in [5, 5.41) is 0.439. The van der Waals surface area contributed by atoms with Crippen molar-refractivity contribution in [2.24, 2.45) is 0 Å². The number of nitrogens with zero attached hydrogens (tertiary/aromatic N) is 3. The fourth-order valence-corrected chi connectivity index (χ4v) is 5.22. The topological polar surface area (TPSA) is 82.9 Å². The van der Waals surface area contributed by atoms with Crippen LogP contribution in [0.4, 0.5) is 4.39 Å². The van der Waals surface area contributed by atoms with E-state index in [1.54, 1.807) is 80.6 Å². The smallest absolute Gasteiger partial charge is 0.266 e. The second kappa shape index (κ2) is 13.4. The Bertz CT molecular complexity index is 1840. The molecule has 0 aliphatic carbocycles. The Hall–Kier alpha value is -5.18. The maximum absolute atomic E-state index is 15.0. The van der Waals surface area contributed by atoms with E-state index in [2.05, 4.69) is 0 Å². The first-order valence-corrected chi connectivity index (χ1v) is 14.4. The van der Waals surface area contributed by atoms with Crippen LogP contribution in [0.1, 0.15) is 41.6 Å². The van der Waals surface area contributed by atoms with Gasteiger partial charge in [-0.25, -0.2) is 9.37 Å². The van der Waals surface area contributed by atoms with Crippen molar-refractivity contribution in [3.8, 4) is 22.9 Å². The zero-order chi connectivity index (χ0) is 31.2. The number of carbonyl (C=O) groups excluding carboxylic acids is 1. The summed E-state index contributed by atoms with van der Waals surface area (Å²) in [5.41, 5.74) is 1.61. The van der Waals surface area contributed by atoms with Crippen LogP contribution in [-0.2, 0) is 6.42 Å². The van der Waals surface area contributed by atoms with Crippen LogP contribution in [0.2, 0.25) is 0 Å². The Balaban J connectivity index is 1.62. The first-order chi connectivity index (χ1) is 21.4. The molecule has 1 amide bonds. The molecule has 0 aliphatic heterocycles. The lowest BCUT2D eigenvalue weighted by Gasteiger charge is -2.31. The van der Waals surface area contributed by atoms with Gasteiger partial charge in [-0.1, -0.05) is 30.3 Å². The van der Waals surface area contributed by atoms with Crippen LogP contribution in [0, 0.1) is 5.82 Å². The molecule has 0 aliphatic rings. The molecule has 9 heteroatoms. The quantitative estimate of drug-likeness (QED) is 0.176. The minimum absolute atomic E-state index is 0.0672. The van der Waals surface area contributed by atoms with Gasteiger partial charge in [0.1, 0.15) is 17.4 Å². The van der Waals surface area contributed by atoms with Crippen molar-refractivity contribution in [2.75, 3.05) is 27.4 Å². The highest BCUT2D eigenvalue weighted by Crippen LogP contribution is 2.30. The first kappa shape index (κ1) is 30.3. The number of hydrogen-bond donors (Lipinski definition) is 0. The number of fused-ring (bicyclic) bond motifs is 1. The maximum atomic E-state index is 15.0. The van der Waals surface area contributed by atoms with Crippen LogP contribution >= 0.6 is 0 Å². The number of benzene rings is 4. The zero-order valence-corrected chi connectivity index (χ0v) is 25.1. The molecule has 0 radical (unpaired) electrons. The monoisotopic (exact) mass is 595 g/mol. The van der Waals surface area contributed by atoms with Crippen LogP contribution in [0.25, 0.3) is 16.6 Å². The van der Waals surface area contributed by atoms with E-state index in [-0.39, 0.29) is 17.7 Å². The van der Waals surface area contributed by atoms with Gasteiger partial charge in [0, 0.05) is 6.54 Å². The highest BCUT2D eigenvalue weighted by molar-refractivity contribution is 5.94. The van der Waals surface area contributed by atoms with Gasteiger partial charge in [-0.2, -0.15) is 0 Å². The van der Waals surface area contributed by atoms with Crippen molar-refractivity contribution in [1.82, 2.24) is 14.5 Å². The van der Waals surface area contributed by atoms with Crippen LogP contribution in [-0.4, -0.2) is 47.7 Å². The molecule has 0 saturated carbocycles. The number of rotatable bonds is 11. The molecule has 8 nitrogen and oxygen atoms in total. The molecule has 44 heavy (non-hydrogen) atoms. The van der Waals surface area contributed by atoms with Crippen molar-refractivity contribution >= 4 is 16.8 Å². The molecule has 1 atom stereocenters. The van der Waals surface area contributed by atoms with E-state index < -0.39 is 17.8 Å². The molecule has 5 aromatic rings. The molecule has 226 valence electrons. The average molecular weight is 596 g/mol. The van der Waals surface area contributed by atoms with Gasteiger partial charge in [0.2, 0.25) is 0 Å². The van der Waals surface area contributed by atoms with E-state index in [0.29, 0.717) is 52.7 Å². The Labute approximate surface area is 255 Å². The lowest BCUT2D eigenvalue weighted by Crippen LogP contribution is -2.39. The Morgan fingerprint density at radius 3 is 2.34 bits per heavy atom. The van der Waals surface area contributed by atoms with Crippen molar-refractivity contribution < 1.29 is 23.4 Å². The fourth-order valence-electron chi connectivity index (χ4n) is 5.22. The maximum Gasteiger partial charge on any atom is 0.266 e. The van der Waals surface area contributed by atoms with Gasteiger partial charge in [0.15, 0.2) is 11.5 Å². The van der Waals surface area contributed by atoms with Gasteiger partial charge < -0.3 is 19.1 Å². The molecule has 0 saturated heterocycles. The van der Waals surface area contributed by atoms with Gasteiger partial charge >= 0.3 is 0 Å². The van der Waals surface area contributed by atoms with E-state index in [1.807, 2.05) is 25.1 Å². The zero-order valence-electron chi connectivity index (χ0n) is 25.1. The summed E-state index contributed by atoms with van der Waals surface area (Å²) < 4.78 is 32.9. The summed E-state index contributed by atoms with van der Waals surface area (Å²) in [7, 11) is 3.12. The van der Waals surface area contributed by atoms with Crippen molar-refractivity contribution in [3.63, 3.8) is 0 Å². The van der Waals surface area contributed by atoms with Gasteiger partial charge in [0.05, 0.1) is 49.0 Å². The number of aromatic nitrogens is 2. The molecule has 1 unspecified atom stereocenters. The SMILES string of the molecule is CCOc1ccc(-n2c(C(C)N(CCc3ccc(OC)c(OC)c3)C(=O)c3ccccc3F)nc3ccccc3c2=O)cc1. The minimum Gasteiger partial charge on any atom is -0.494 e. The summed E-state index contributed by atoms with van der Waals surface area (Å²) in [6.07, 6.45) is 0.422. The number of halogens is 1. The molecule has 0 fully saturated rings. The van der Waals surface area contributed by atoms with E-state index in [9.17, 15) is 14.0 Å². The molecule has 0 N–H and O–H groups in total. The summed E-state index contributed by atoms with van der Waals surface area (Å²) in [6.45, 7) is 4.41. The van der Waals surface area contributed by atoms with Crippen LogP contribution in [0.3, 0.4) is 0 Å². The van der Waals surface area contributed by atoms with Crippen molar-refractivity contribution in [2.45, 2.75) is 26.3 Å². The number of carbonyl (C=O) groups is 1. The summed E-state index contributed by atoms with van der Waals surface area (Å²) in [5.74, 6) is 1.01. The highest BCUT2D eigenvalue weighted by atomic mass is 19.1. The number of methoxy groups -OCH3 is 2. The molecule has 4 aromatic carbocycles. The standard InChI is InChI=1S/C35H34FN3O5/c1-5-44-26-17-15-25(16-18-26)39-33(37-30-13-9-7-11-28(30)35(39)41)23(2)38(34(40)27-10-6-8-12-29(27)36)21-20-24-14-19-31(42-3)32(22-24)43-4/h6-19,22-23H,5,20-21H2,1-4H3. The number of ether oxygens (including phenoxy) is 3. The third kappa shape index (κ3) is 6.13. The average Bonchev–Trinajstić information content (AvgIpc) is 3.05. The molecular weight excluding hydrogens is 561 g/mol. The Kier molecular flexibility index (Phi) is 9.23. The second-order valence-corrected chi connectivity index (χ2v) is 10.1. The normalized spacial score (nSPS) is 11.7. The lowest BCUT2D eigenvalue weighted by molar-refractivity contribution is 0.0679. The Morgan fingerprint density at radius 2 is 1.64 bits per heavy atom. The second-order valence-electron chi connectivity index (χ2n) is 10.1. The van der Waals surface area contributed by atoms with E-state index in [1.165, 1.54) is 22.8 Å². The van der Waals surface area contributed by atoms with E-state index >= 15 is 0 Å². The molecule has 5 rings (SSSR count). The fraction of sp³-hybridized carbons (Fsp3) is 0.229. The van der Waals surface area contributed by atoms with Crippen LogP contribution < -0.4 is 19.8 Å². The van der Waals surface area contributed by atoms with Crippen molar-refractivity contribution in [1.29, 1.82) is 0 Å². The van der Waals surface area contributed by atoms with E-state index in [0.717, 1.165) is 5.56 Å². The molecular formula is C35H34FN3O5. The molecule has 0 spiro atoms. The third-order valence-corrected chi connectivity index (χ3v) is 7.50. The predicted molar refractivity (Wildman–Crippen MR) is 168 cm³/mol.